The van der Waals surface area contributed by atoms with Gasteiger partial charge in [-0.2, -0.15) is 0 Å². The number of likely N-dealkylation sites (tertiary alicyclic amines) is 1. The van der Waals surface area contributed by atoms with Crippen molar-refractivity contribution >= 4 is 5.91 Å². The van der Waals surface area contributed by atoms with Crippen LogP contribution in [0.1, 0.15) is 31.5 Å². The molecule has 0 unspecified atom stereocenters. The van der Waals surface area contributed by atoms with Crippen molar-refractivity contribution in [2.75, 3.05) is 27.3 Å². The van der Waals surface area contributed by atoms with E-state index in [-0.39, 0.29) is 11.9 Å². The molecule has 1 aliphatic rings. The molecule has 0 radical (unpaired) electrons. The third-order valence-electron chi connectivity index (χ3n) is 3.98. The van der Waals surface area contributed by atoms with E-state index in [2.05, 4.69) is 20.4 Å². The van der Waals surface area contributed by atoms with Crippen LogP contribution >= 0.6 is 0 Å². The smallest absolute Gasteiger partial charge is 0.237 e. The fourth-order valence-corrected chi connectivity index (χ4v) is 2.66. The zero-order valence-electron chi connectivity index (χ0n) is 12.9. The first-order valence-electron chi connectivity index (χ1n) is 7.56. The van der Waals surface area contributed by atoms with Gasteiger partial charge in [0.2, 0.25) is 5.91 Å². The molecule has 1 saturated heterocycles. The summed E-state index contributed by atoms with van der Waals surface area (Å²) in [6, 6.07) is -0.0251. The largest absolute Gasteiger partial charge is 0.383 e. The average molecular weight is 295 g/mol. The number of aromatic nitrogens is 3. The quantitative estimate of drug-likeness (QED) is 0.823. The Morgan fingerprint density at radius 3 is 3.14 bits per heavy atom. The van der Waals surface area contributed by atoms with Crippen LogP contribution in [0.3, 0.4) is 0 Å². The molecule has 2 rings (SSSR count). The van der Waals surface area contributed by atoms with Crippen molar-refractivity contribution in [1.82, 2.24) is 25.0 Å². The highest BCUT2D eigenvalue weighted by molar-refractivity contribution is 5.81. The van der Waals surface area contributed by atoms with Crippen LogP contribution in [-0.2, 0) is 22.6 Å². The van der Waals surface area contributed by atoms with E-state index in [1.165, 1.54) is 12.8 Å². The highest BCUT2D eigenvalue weighted by Gasteiger charge is 2.24. The van der Waals surface area contributed by atoms with Crippen molar-refractivity contribution in [3.63, 3.8) is 0 Å². The van der Waals surface area contributed by atoms with Crippen molar-refractivity contribution < 1.29 is 9.53 Å². The minimum atomic E-state index is -0.0251. The molecule has 7 nitrogen and oxygen atoms in total. The molecule has 0 aromatic carbocycles. The van der Waals surface area contributed by atoms with Gasteiger partial charge in [0.15, 0.2) is 5.82 Å². The van der Waals surface area contributed by atoms with Crippen LogP contribution in [0.4, 0.5) is 0 Å². The lowest BCUT2D eigenvalue weighted by Crippen LogP contribution is -2.44. The Hall–Kier alpha value is -1.47. The Morgan fingerprint density at radius 1 is 1.48 bits per heavy atom. The van der Waals surface area contributed by atoms with Crippen LogP contribution in [0.15, 0.2) is 6.33 Å². The normalized spacial score (nSPS) is 20.2. The Balaban J connectivity index is 1.87. The summed E-state index contributed by atoms with van der Waals surface area (Å²) in [7, 11) is 3.68. The zero-order chi connectivity index (χ0) is 15.1. The van der Waals surface area contributed by atoms with Crippen LogP contribution in [0, 0.1) is 0 Å². The van der Waals surface area contributed by atoms with E-state index in [1.54, 1.807) is 13.4 Å². The first kappa shape index (κ1) is 15.9. The Labute approximate surface area is 125 Å². The lowest BCUT2D eigenvalue weighted by atomic mass is 10.1. The van der Waals surface area contributed by atoms with Crippen molar-refractivity contribution in [3.05, 3.63) is 12.2 Å². The molecular formula is C14H25N5O2. The lowest BCUT2D eigenvalue weighted by molar-refractivity contribution is -0.126. The van der Waals surface area contributed by atoms with Gasteiger partial charge >= 0.3 is 0 Å². The maximum atomic E-state index is 12.3. The molecule has 1 aliphatic heterocycles. The zero-order valence-corrected chi connectivity index (χ0v) is 12.9. The van der Waals surface area contributed by atoms with Gasteiger partial charge in [-0.15, -0.1) is 10.2 Å². The van der Waals surface area contributed by atoms with E-state index < -0.39 is 0 Å². The standard InChI is InChI=1S/C14H25N5O2/c1-18-7-5-3-4-6-12(18)14(20)15-10-13-17-16-11-19(13)8-9-21-2/h11-12H,3-10H2,1-2H3,(H,15,20)/t12-/m0/s1. The predicted octanol–water partition coefficient (Wildman–Crippen LogP) is 0.415. The van der Waals surface area contributed by atoms with Gasteiger partial charge in [-0.25, -0.2) is 0 Å². The van der Waals surface area contributed by atoms with Crippen LogP contribution in [0.5, 0.6) is 0 Å². The van der Waals surface area contributed by atoms with Crippen LogP contribution in [-0.4, -0.2) is 58.9 Å². The highest BCUT2D eigenvalue weighted by Crippen LogP contribution is 2.15. The average Bonchev–Trinajstić information content (AvgIpc) is 2.82. The van der Waals surface area contributed by atoms with Crippen molar-refractivity contribution in [3.8, 4) is 0 Å². The second kappa shape index (κ2) is 8.09. The van der Waals surface area contributed by atoms with Gasteiger partial charge in [0.1, 0.15) is 6.33 Å². The summed E-state index contributed by atoms with van der Waals surface area (Å²) in [4.78, 5) is 14.5. The molecule has 1 fully saturated rings. The Bertz CT molecular complexity index is 448. The summed E-state index contributed by atoms with van der Waals surface area (Å²) < 4.78 is 6.95. The van der Waals surface area contributed by atoms with Crippen LogP contribution in [0.25, 0.3) is 0 Å². The van der Waals surface area contributed by atoms with E-state index in [0.717, 1.165) is 25.2 Å². The summed E-state index contributed by atoms with van der Waals surface area (Å²) in [6.45, 7) is 2.69. The SMILES string of the molecule is COCCn1cnnc1CNC(=O)[C@@H]1CCCCCN1C. The van der Waals surface area contributed by atoms with Crippen molar-refractivity contribution in [1.29, 1.82) is 0 Å². The summed E-state index contributed by atoms with van der Waals surface area (Å²) in [5.41, 5.74) is 0. The molecule has 118 valence electrons. The van der Waals surface area contributed by atoms with Crippen molar-refractivity contribution in [2.24, 2.45) is 0 Å². The number of likely N-dealkylation sites (N-methyl/N-ethyl adjacent to an activating group) is 1. The molecule has 2 heterocycles. The number of methoxy groups -OCH3 is 1. The summed E-state index contributed by atoms with van der Waals surface area (Å²) >= 11 is 0. The number of carbonyl (C=O) groups is 1. The number of ether oxygens (including phenoxy) is 1. The number of nitrogens with zero attached hydrogens (tertiary/aromatic N) is 4. The maximum Gasteiger partial charge on any atom is 0.237 e. The fraction of sp³-hybridized carbons (Fsp3) is 0.786. The number of amides is 1. The highest BCUT2D eigenvalue weighted by atomic mass is 16.5. The van der Waals surface area contributed by atoms with E-state index in [0.29, 0.717) is 19.7 Å². The number of carbonyl (C=O) groups excluding carboxylic acids is 1. The lowest BCUT2D eigenvalue weighted by Gasteiger charge is -2.24. The first-order chi connectivity index (χ1) is 10.2. The van der Waals surface area contributed by atoms with Gasteiger partial charge in [0, 0.05) is 13.7 Å². The molecule has 0 bridgehead atoms. The van der Waals surface area contributed by atoms with Gasteiger partial charge in [-0.1, -0.05) is 12.8 Å². The number of hydrogen-bond donors (Lipinski definition) is 1. The van der Waals surface area contributed by atoms with Gasteiger partial charge in [-0.3, -0.25) is 9.69 Å². The van der Waals surface area contributed by atoms with Crippen molar-refractivity contribution in [2.45, 2.75) is 44.8 Å². The first-order valence-corrected chi connectivity index (χ1v) is 7.56. The molecule has 0 spiro atoms. The number of rotatable bonds is 6. The van der Waals surface area contributed by atoms with Gasteiger partial charge in [-0.05, 0) is 26.4 Å². The molecule has 7 heteroatoms. The number of nitrogens with one attached hydrogen (secondary N) is 1. The van der Waals surface area contributed by atoms with E-state index in [1.807, 2.05) is 11.6 Å². The monoisotopic (exact) mass is 295 g/mol. The molecule has 1 amide bonds. The third kappa shape index (κ3) is 4.50. The minimum absolute atomic E-state index is 0.0251. The van der Waals surface area contributed by atoms with E-state index in [9.17, 15) is 4.79 Å². The third-order valence-corrected chi connectivity index (χ3v) is 3.98. The maximum absolute atomic E-state index is 12.3. The molecule has 0 saturated carbocycles. The molecule has 1 atom stereocenters. The second-order valence-electron chi connectivity index (χ2n) is 5.50. The Morgan fingerprint density at radius 2 is 2.33 bits per heavy atom. The molecule has 1 aromatic heterocycles. The summed E-state index contributed by atoms with van der Waals surface area (Å²) in [5.74, 6) is 0.845. The summed E-state index contributed by atoms with van der Waals surface area (Å²) in [5, 5.41) is 10.9. The van der Waals surface area contributed by atoms with Gasteiger partial charge in [0.25, 0.3) is 0 Å². The predicted molar refractivity (Wildman–Crippen MR) is 78.6 cm³/mol. The second-order valence-corrected chi connectivity index (χ2v) is 5.50. The van der Waals surface area contributed by atoms with Gasteiger partial charge in [0.05, 0.1) is 19.2 Å². The van der Waals surface area contributed by atoms with Gasteiger partial charge < -0.3 is 14.6 Å². The molecule has 1 N–H and O–H groups in total. The van der Waals surface area contributed by atoms with E-state index >= 15 is 0 Å². The molecular weight excluding hydrogens is 270 g/mol. The summed E-state index contributed by atoms with van der Waals surface area (Å²) in [6.07, 6.45) is 6.09. The molecule has 1 aromatic rings. The van der Waals surface area contributed by atoms with E-state index in [4.69, 9.17) is 4.74 Å². The Kier molecular flexibility index (Phi) is 6.13. The van der Waals surface area contributed by atoms with Crippen LogP contribution in [0.2, 0.25) is 0 Å². The molecule has 21 heavy (non-hydrogen) atoms. The minimum Gasteiger partial charge on any atom is -0.383 e. The fourth-order valence-electron chi connectivity index (χ4n) is 2.66. The topological polar surface area (TPSA) is 72.3 Å². The van der Waals surface area contributed by atoms with Crippen LogP contribution < -0.4 is 5.32 Å². The number of hydrogen-bond acceptors (Lipinski definition) is 5. The molecule has 0 aliphatic carbocycles.